The molecule has 1 atom stereocenters. The first-order valence-corrected chi connectivity index (χ1v) is 9.47. The zero-order valence-electron chi connectivity index (χ0n) is 13.1. The molecule has 1 saturated heterocycles. The van der Waals surface area contributed by atoms with Crippen LogP contribution < -0.4 is 10.6 Å². The Bertz CT molecular complexity index is 787. The van der Waals surface area contributed by atoms with Gasteiger partial charge in [0.05, 0.1) is 18.1 Å². The molecule has 2 N–H and O–H groups in total. The van der Waals surface area contributed by atoms with Gasteiger partial charge in [-0.15, -0.1) is 0 Å². The van der Waals surface area contributed by atoms with E-state index >= 15 is 0 Å². The van der Waals surface area contributed by atoms with Gasteiger partial charge in [-0.2, -0.15) is 5.10 Å². The van der Waals surface area contributed by atoms with Gasteiger partial charge in [-0.25, -0.2) is 22.9 Å². The van der Waals surface area contributed by atoms with Gasteiger partial charge in [-0.05, 0) is 17.5 Å². The van der Waals surface area contributed by atoms with E-state index in [1.54, 1.807) is 11.0 Å². The predicted molar refractivity (Wildman–Crippen MR) is 88.0 cm³/mol. The normalized spacial score (nSPS) is 19.1. The Morgan fingerprint density at radius 1 is 1.25 bits per heavy atom. The van der Waals surface area contributed by atoms with Gasteiger partial charge in [0.2, 0.25) is 0 Å². The summed E-state index contributed by atoms with van der Waals surface area (Å²) in [5, 5.41) is 9.49. The van der Waals surface area contributed by atoms with Crippen molar-refractivity contribution >= 4 is 15.9 Å². The molecule has 0 spiro atoms. The molecular weight excluding hydrogens is 330 g/mol. The number of hydrogen-bond donors (Lipinski definition) is 2. The van der Waals surface area contributed by atoms with Gasteiger partial charge in [0.15, 0.2) is 9.84 Å². The summed E-state index contributed by atoms with van der Waals surface area (Å²) in [6.07, 6.45) is 3.63. The van der Waals surface area contributed by atoms with Gasteiger partial charge in [-0.3, -0.25) is 0 Å². The second-order valence-corrected chi connectivity index (χ2v) is 8.07. The van der Waals surface area contributed by atoms with E-state index in [4.69, 9.17) is 0 Å². The number of nitrogens with zero attached hydrogens (tertiary/aromatic N) is 3. The number of amides is 2. The quantitative estimate of drug-likeness (QED) is 0.808. The third-order valence-electron chi connectivity index (χ3n) is 3.85. The summed E-state index contributed by atoms with van der Waals surface area (Å²) in [5.74, 6) is 0.169. The number of benzene rings is 1. The smallest absolute Gasteiger partial charge is 0.315 e. The van der Waals surface area contributed by atoms with Crippen LogP contribution in [-0.4, -0.2) is 46.8 Å². The molecule has 2 aromatic rings. The molecule has 0 saturated carbocycles. The largest absolute Gasteiger partial charge is 0.334 e. The van der Waals surface area contributed by atoms with Crippen LogP contribution in [0.1, 0.15) is 17.5 Å². The van der Waals surface area contributed by atoms with Crippen molar-refractivity contribution in [2.75, 3.05) is 11.5 Å². The molecule has 1 aromatic carbocycles. The van der Waals surface area contributed by atoms with E-state index in [1.807, 2.05) is 24.3 Å². The van der Waals surface area contributed by atoms with Crippen molar-refractivity contribution in [3.05, 3.63) is 48.0 Å². The lowest BCUT2D eigenvalue weighted by molar-refractivity contribution is 0.237. The predicted octanol–water partition coefficient (Wildman–Crippen LogP) is 0.313. The van der Waals surface area contributed by atoms with Crippen LogP contribution in [0.25, 0.3) is 0 Å². The number of urea groups is 1. The maximum Gasteiger partial charge on any atom is 0.315 e. The second kappa shape index (κ2) is 7.00. The highest BCUT2D eigenvalue weighted by atomic mass is 32.2. The fraction of sp³-hybridized carbons (Fsp3) is 0.400. The Morgan fingerprint density at radius 2 is 2.00 bits per heavy atom. The average molecular weight is 349 g/mol. The number of rotatable bonds is 5. The number of hydrogen-bond acceptors (Lipinski definition) is 5. The lowest BCUT2D eigenvalue weighted by Crippen LogP contribution is -2.42. The van der Waals surface area contributed by atoms with Crippen molar-refractivity contribution in [2.45, 2.75) is 25.6 Å². The fourth-order valence-electron chi connectivity index (χ4n) is 2.59. The summed E-state index contributed by atoms with van der Waals surface area (Å²) in [6.45, 7) is 1.03. The standard InChI is InChI=1S/C15H19N5O3S/c21-15(19-14-5-6-24(22,23)9-14)17-7-12-1-3-13(4-2-12)8-20-11-16-10-18-20/h1-4,10-11,14H,5-9H2,(H2,17,19,21). The van der Waals surface area contributed by atoms with E-state index in [1.165, 1.54) is 6.33 Å². The SMILES string of the molecule is O=C(NCc1ccc(Cn2cncn2)cc1)NC1CCS(=O)(=O)C1. The molecule has 9 heteroatoms. The first-order chi connectivity index (χ1) is 11.5. The Labute approximate surface area is 140 Å². The molecule has 1 aliphatic rings. The summed E-state index contributed by atoms with van der Waals surface area (Å²) >= 11 is 0. The minimum atomic E-state index is -2.99. The molecular formula is C15H19N5O3S. The van der Waals surface area contributed by atoms with Crippen LogP contribution in [-0.2, 0) is 22.9 Å². The van der Waals surface area contributed by atoms with Crippen LogP contribution >= 0.6 is 0 Å². The summed E-state index contributed by atoms with van der Waals surface area (Å²) in [7, 11) is -2.99. The van der Waals surface area contributed by atoms with Crippen LogP contribution in [0.4, 0.5) is 4.79 Å². The van der Waals surface area contributed by atoms with Crippen molar-refractivity contribution in [3.63, 3.8) is 0 Å². The molecule has 0 bridgehead atoms. The Hall–Kier alpha value is -2.42. The van der Waals surface area contributed by atoms with Crippen LogP contribution in [0.2, 0.25) is 0 Å². The summed E-state index contributed by atoms with van der Waals surface area (Å²) in [4.78, 5) is 15.7. The van der Waals surface area contributed by atoms with E-state index in [0.29, 0.717) is 19.5 Å². The van der Waals surface area contributed by atoms with Crippen molar-refractivity contribution in [1.29, 1.82) is 0 Å². The zero-order valence-corrected chi connectivity index (χ0v) is 13.9. The minimum absolute atomic E-state index is 0.0252. The van der Waals surface area contributed by atoms with Crippen LogP contribution in [0.5, 0.6) is 0 Å². The zero-order chi connectivity index (χ0) is 17.0. The Morgan fingerprint density at radius 3 is 2.62 bits per heavy atom. The lowest BCUT2D eigenvalue weighted by Gasteiger charge is -2.12. The number of carbonyl (C=O) groups is 1. The van der Waals surface area contributed by atoms with Crippen molar-refractivity contribution < 1.29 is 13.2 Å². The Kier molecular flexibility index (Phi) is 4.79. The van der Waals surface area contributed by atoms with E-state index in [2.05, 4.69) is 20.7 Å². The van der Waals surface area contributed by atoms with Gasteiger partial charge in [0.1, 0.15) is 12.7 Å². The monoisotopic (exact) mass is 349 g/mol. The van der Waals surface area contributed by atoms with Gasteiger partial charge >= 0.3 is 6.03 Å². The third kappa shape index (κ3) is 4.54. The topological polar surface area (TPSA) is 106 Å². The molecule has 1 aromatic heterocycles. The van der Waals surface area contributed by atoms with E-state index < -0.39 is 9.84 Å². The number of aromatic nitrogens is 3. The van der Waals surface area contributed by atoms with Crippen molar-refractivity contribution in [3.8, 4) is 0 Å². The van der Waals surface area contributed by atoms with Crippen molar-refractivity contribution in [1.82, 2.24) is 25.4 Å². The molecule has 0 radical (unpaired) electrons. The number of carbonyl (C=O) groups excluding carboxylic acids is 1. The Balaban J connectivity index is 1.45. The van der Waals surface area contributed by atoms with Crippen LogP contribution in [0, 0.1) is 0 Å². The maximum absolute atomic E-state index is 11.8. The van der Waals surface area contributed by atoms with Crippen LogP contribution in [0.15, 0.2) is 36.9 Å². The molecule has 1 fully saturated rings. The first-order valence-electron chi connectivity index (χ1n) is 7.65. The molecule has 0 aliphatic carbocycles. The lowest BCUT2D eigenvalue weighted by atomic mass is 10.1. The highest BCUT2D eigenvalue weighted by Crippen LogP contribution is 2.11. The summed E-state index contributed by atoms with van der Waals surface area (Å²) in [6, 6.07) is 7.18. The highest BCUT2D eigenvalue weighted by Gasteiger charge is 2.28. The van der Waals surface area contributed by atoms with Gasteiger partial charge < -0.3 is 10.6 Å². The first kappa shape index (κ1) is 16.4. The molecule has 3 rings (SSSR count). The van der Waals surface area contributed by atoms with Crippen molar-refractivity contribution in [2.24, 2.45) is 0 Å². The molecule has 128 valence electrons. The fourth-order valence-corrected chi connectivity index (χ4v) is 4.26. The van der Waals surface area contributed by atoms with Gasteiger partial charge in [-0.1, -0.05) is 24.3 Å². The molecule has 2 heterocycles. The summed E-state index contributed by atoms with van der Waals surface area (Å²) < 4.78 is 24.5. The van der Waals surface area contributed by atoms with E-state index in [0.717, 1.165) is 11.1 Å². The summed E-state index contributed by atoms with van der Waals surface area (Å²) in [5.41, 5.74) is 2.05. The molecule has 1 unspecified atom stereocenters. The highest BCUT2D eigenvalue weighted by molar-refractivity contribution is 7.91. The maximum atomic E-state index is 11.8. The van der Waals surface area contributed by atoms with E-state index in [-0.39, 0.29) is 23.6 Å². The molecule has 2 amide bonds. The molecule has 8 nitrogen and oxygen atoms in total. The number of nitrogens with one attached hydrogen (secondary N) is 2. The van der Waals surface area contributed by atoms with E-state index in [9.17, 15) is 13.2 Å². The number of sulfone groups is 1. The second-order valence-electron chi connectivity index (χ2n) is 5.84. The molecule has 1 aliphatic heterocycles. The van der Waals surface area contributed by atoms with Crippen LogP contribution in [0.3, 0.4) is 0 Å². The third-order valence-corrected chi connectivity index (χ3v) is 5.62. The molecule has 24 heavy (non-hydrogen) atoms. The average Bonchev–Trinajstić information content (AvgIpc) is 3.16. The minimum Gasteiger partial charge on any atom is -0.334 e. The van der Waals surface area contributed by atoms with Gasteiger partial charge in [0.25, 0.3) is 0 Å². The van der Waals surface area contributed by atoms with Gasteiger partial charge in [0, 0.05) is 12.6 Å².